The molecule has 0 aliphatic rings. The Labute approximate surface area is 77.0 Å². The van der Waals surface area contributed by atoms with Crippen molar-refractivity contribution in [3.63, 3.8) is 0 Å². The quantitative estimate of drug-likeness (QED) is 0.555. The summed E-state index contributed by atoms with van der Waals surface area (Å²) < 4.78 is 7.49. The summed E-state index contributed by atoms with van der Waals surface area (Å²) in [6, 6.07) is 0. The van der Waals surface area contributed by atoms with Gasteiger partial charge in [-0.3, -0.25) is 0 Å². The fraction of sp³-hybridized carbons (Fsp3) is 0.750. The lowest BCUT2D eigenvalue weighted by Gasteiger charge is -2.18. The third kappa shape index (κ3) is 8.43. The molecule has 0 saturated heterocycles. The van der Waals surface area contributed by atoms with E-state index in [2.05, 4.69) is 49.4 Å². The summed E-state index contributed by atoms with van der Waals surface area (Å²) in [5, 5.41) is 0. The summed E-state index contributed by atoms with van der Waals surface area (Å²) in [6.45, 7) is 7.03. The maximum Gasteiger partial charge on any atom is 0.0598 e. The molecule has 0 aromatic heterocycles. The van der Waals surface area contributed by atoms with E-state index in [9.17, 15) is 0 Å². The third-order valence-corrected chi connectivity index (χ3v) is 1.42. The normalized spacial score (nSPS) is 12.8. The van der Waals surface area contributed by atoms with E-state index >= 15 is 0 Å². The van der Waals surface area contributed by atoms with Crippen molar-refractivity contribution in [2.24, 2.45) is 0 Å². The molecule has 0 bridgehead atoms. The highest BCUT2D eigenvalue weighted by molar-refractivity contribution is 14.1. The molecular formula is C8H15IO. The second-order valence-electron chi connectivity index (χ2n) is 3.11. The molecule has 0 rings (SSSR count). The molecule has 0 atom stereocenters. The van der Waals surface area contributed by atoms with Crippen LogP contribution in [0.25, 0.3) is 0 Å². The molecule has 0 spiro atoms. The fourth-order valence-corrected chi connectivity index (χ4v) is 0.856. The monoisotopic (exact) mass is 254 g/mol. The molecular weight excluding hydrogens is 239 g/mol. The first-order valence-electron chi connectivity index (χ1n) is 3.45. The standard InChI is InChI=1S/C8H15IO/c1-8(2,3)10-7-5-4-6-9/h4,6H,5,7H2,1-3H3/b6-4-. The second-order valence-corrected chi connectivity index (χ2v) is 3.83. The lowest BCUT2D eigenvalue weighted by molar-refractivity contribution is -0.0000833. The van der Waals surface area contributed by atoms with Gasteiger partial charge >= 0.3 is 0 Å². The SMILES string of the molecule is CC(C)(C)OCC/C=C\I. The number of ether oxygens (including phenoxy) is 1. The molecule has 0 unspecified atom stereocenters. The van der Waals surface area contributed by atoms with E-state index in [1.54, 1.807) is 0 Å². The first-order valence-corrected chi connectivity index (χ1v) is 4.70. The van der Waals surface area contributed by atoms with Gasteiger partial charge in [-0.15, -0.1) is 0 Å². The maximum atomic E-state index is 5.48. The lowest BCUT2D eigenvalue weighted by Crippen LogP contribution is -2.19. The highest BCUT2D eigenvalue weighted by Gasteiger charge is 2.07. The Kier molecular flexibility index (Phi) is 5.35. The average Bonchev–Trinajstić information content (AvgIpc) is 1.78. The van der Waals surface area contributed by atoms with Crippen LogP contribution in [0.15, 0.2) is 10.2 Å². The van der Waals surface area contributed by atoms with Crippen LogP contribution in [0, 0.1) is 0 Å². The highest BCUT2D eigenvalue weighted by Crippen LogP contribution is 2.06. The van der Waals surface area contributed by atoms with Gasteiger partial charge in [-0.05, 0) is 31.3 Å². The van der Waals surface area contributed by atoms with Crippen LogP contribution in [0.3, 0.4) is 0 Å². The average molecular weight is 254 g/mol. The van der Waals surface area contributed by atoms with Crippen LogP contribution in [-0.2, 0) is 4.74 Å². The fourth-order valence-electron chi connectivity index (χ4n) is 0.496. The van der Waals surface area contributed by atoms with Crippen molar-refractivity contribution in [3.8, 4) is 0 Å². The van der Waals surface area contributed by atoms with Crippen LogP contribution >= 0.6 is 22.6 Å². The molecule has 0 heterocycles. The molecule has 0 aromatic carbocycles. The van der Waals surface area contributed by atoms with E-state index in [0.29, 0.717) is 0 Å². The number of halogens is 1. The maximum absolute atomic E-state index is 5.48. The number of hydrogen-bond acceptors (Lipinski definition) is 1. The van der Waals surface area contributed by atoms with Crippen LogP contribution in [0.2, 0.25) is 0 Å². The zero-order valence-corrected chi connectivity index (χ0v) is 9.01. The Morgan fingerprint density at radius 3 is 2.40 bits per heavy atom. The van der Waals surface area contributed by atoms with Gasteiger partial charge in [-0.1, -0.05) is 28.7 Å². The third-order valence-electron chi connectivity index (χ3n) is 0.909. The van der Waals surface area contributed by atoms with E-state index in [4.69, 9.17) is 4.74 Å². The minimum Gasteiger partial charge on any atom is -0.376 e. The summed E-state index contributed by atoms with van der Waals surface area (Å²) in [5.74, 6) is 0. The van der Waals surface area contributed by atoms with Crippen molar-refractivity contribution in [2.45, 2.75) is 32.8 Å². The number of rotatable bonds is 3. The molecule has 0 aliphatic carbocycles. The van der Waals surface area contributed by atoms with E-state index in [1.165, 1.54) is 0 Å². The molecule has 0 fully saturated rings. The van der Waals surface area contributed by atoms with Crippen molar-refractivity contribution in [3.05, 3.63) is 10.2 Å². The van der Waals surface area contributed by atoms with Gasteiger partial charge in [0, 0.05) is 0 Å². The molecule has 60 valence electrons. The van der Waals surface area contributed by atoms with Crippen LogP contribution in [0.5, 0.6) is 0 Å². The van der Waals surface area contributed by atoms with Crippen LogP contribution in [0.1, 0.15) is 27.2 Å². The van der Waals surface area contributed by atoms with Crippen LogP contribution < -0.4 is 0 Å². The predicted molar refractivity (Wildman–Crippen MR) is 53.5 cm³/mol. The second kappa shape index (κ2) is 5.13. The van der Waals surface area contributed by atoms with Gasteiger partial charge in [0.15, 0.2) is 0 Å². The Morgan fingerprint density at radius 1 is 1.40 bits per heavy atom. The summed E-state index contributed by atoms with van der Waals surface area (Å²) in [7, 11) is 0. The van der Waals surface area contributed by atoms with Gasteiger partial charge < -0.3 is 4.74 Å². The smallest absolute Gasteiger partial charge is 0.0598 e. The topological polar surface area (TPSA) is 9.23 Å². The Hall–Kier alpha value is 0.430. The van der Waals surface area contributed by atoms with Gasteiger partial charge in [0.05, 0.1) is 12.2 Å². The molecule has 1 nitrogen and oxygen atoms in total. The van der Waals surface area contributed by atoms with Crippen LogP contribution in [-0.4, -0.2) is 12.2 Å². The van der Waals surface area contributed by atoms with Crippen LogP contribution in [0.4, 0.5) is 0 Å². The van der Waals surface area contributed by atoms with Gasteiger partial charge in [0.1, 0.15) is 0 Å². The van der Waals surface area contributed by atoms with E-state index < -0.39 is 0 Å². The number of hydrogen-bond donors (Lipinski definition) is 0. The molecule has 0 aromatic rings. The Balaban J connectivity index is 3.20. The molecule has 0 aliphatic heterocycles. The minimum absolute atomic E-state index is 0.0130. The van der Waals surface area contributed by atoms with Gasteiger partial charge in [-0.2, -0.15) is 0 Å². The van der Waals surface area contributed by atoms with Crippen molar-refractivity contribution >= 4 is 22.6 Å². The van der Waals surface area contributed by atoms with Crippen molar-refractivity contribution in [1.82, 2.24) is 0 Å². The van der Waals surface area contributed by atoms with E-state index in [1.807, 2.05) is 4.08 Å². The molecule has 0 saturated carbocycles. The minimum atomic E-state index is 0.0130. The predicted octanol–water partition coefficient (Wildman–Crippen LogP) is 3.14. The first-order chi connectivity index (χ1) is 4.56. The molecule has 0 N–H and O–H groups in total. The van der Waals surface area contributed by atoms with Gasteiger partial charge in [0.25, 0.3) is 0 Å². The zero-order valence-electron chi connectivity index (χ0n) is 6.86. The van der Waals surface area contributed by atoms with Gasteiger partial charge in [-0.25, -0.2) is 0 Å². The van der Waals surface area contributed by atoms with Crippen molar-refractivity contribution in [2.75, 3.05) is 6.61 Å². The Bertz CT molecular complexity index is 102. The molecule has 2 heteroatoms. The zero-order chi connectivity index (χ0) is 8.04. The van der Waals surface area contributed by atoms with E-state index in [-0.39, 0.29) is 5.60 Å². The molecule has 10 heavy (non-hydrogen) atoms. The molecule has 0 amide bonds. The van der Waals surface area contributed by atoms with Crippen molar-refractivity contribution < 1.29 is 4.74 Å². The lowest BCUT2D eigenvalue weighted by atomic mass is 10.2. The first kappa shape index (κ1) is 10.4. The summed E-state index contributed by atoms with van der Waals surface area (Å²) in [6.07, 6.45) is 3.12. The molecule has 0 radical (unpaired) electrons. The van der Waals surface area contributed by atoms with E-state index in [0.717, 1.165) is 13.0 Å². The largest absolute Gasteiger partial charge is 0.376 e. The Morgan fingerprint density at radius 2 is 2.00 bits per heavy atom. The van der Waals surface area contributed by atoms with Crippen molar-refractivity contribution in [1.29, 1.82) is 0 Å². The summed E-state index contributed by atoms with van der Waals surface area (Å²) >= 11 is 2.21. The summed E-state index contributed by atoms with van der Waals surface area (Å²) in [5.41, 5.74) is 0.0130. The summed E-state index contributed by atoms with van der Waals surface area (Å²) in [4.78, 5) is 0. The van der Waals surface area contributed by atoms with Gasteiger partial charge in [0.2, 0.25) is 0 Å². The highest BCUT2D eigenvalue weighted by atomic mass is 127.